The summed E-state index contributed by atoms with van der Waals surface area (Å²) in [6, 6.07) is 3.66. The van der Waals surface area contributed by atoms with Gasteiger partial charge in [-0.25, -0.2) is 0 Å². The monoisotopic (exact) mass is 279 g/mol. The van der Waals surface area contributed by atoms with Crippen molar-refractivity contribution in [3.8, 4) is 0 Å². The van der Waals surface area contributed by atoms with Crippen LogP contribution in [0.4, 0.5) is 5.69 Å². The summed E-state index contributed by atoms with van der Waals surface area (Å²) >= 11 is 6.26. The number of nitrogens with one attached hydrogen (secondary N) is 1. The zero-order valence-electron chi connectivity index (χ0n) is 10.8. The van der Waals surface area contributed by atoms with Crippen LogP contribution >= 0.6 is 11.6 Å². The zero-order valence-corrected chi connectivity index (χ0v) is 11.5. The summed E-state index contributed by atoms with van der Waals surface area (Å²) in [5.74, 6) is 0.296. The molecule has 0 radical (unpaired) electrons. The van der Waals surface area contributed by atoms with Gasteiger partial charge in [-0.3, -0.25) is 4.79 Å². The first-order valence-electron chi connectivity index (χ1n) is 6.95. The van der Waals surface area contributed by atoms with Gasteiger partial charge in [0, 0.05) is 10.7 Å². The molecule has 0 bridgehead atoms. The first kappa shape index (κ1) is 12.9. The van der Waals surface area contributed by atoms with Crippen LogP contribution in [0.2, 0.25) is 5.02 Å². The number of halogens is 1. The van der Waals surface area contributed by atoms with E-state index < -0.39 is 6.10 Å². The molecule has 0 spiro atoms. The Hall–Kier alpha value is -1.06. The van der Waals surface area contributed by atoms with Crippen molar-refractivity contribution < 1.29 is 9.90 Å². The van der Waals surface area contributed by atoms with E-state index >= 15 is 0 Å². The zero-order chi connectivity index (χ0) is 13.4. The van der Waals surface area contributed by atoms with E-state index in [1.165, 1.54) is 19.3 Å². The number of hydrogen-bond donors (Lipinski definition) is 2. The number of aliphatic hydroxyl groups excluding tert-OH is 1. The molecule has 0 aromatic heterocycles. The van der Waals surface area contributed by atoms with E-state index in [-0.39, 0.29) is 5.91 Å². The van der Waals surface area contributed by atoms with Crippen LogP contribution in [0.1, 0.15) is 49.3 Å². The van der Waals surface area contributed by atoms with Gasteiger partial charge in [0.2, 0.25) is 5.91 Å². The van der Waals surface area contributed by atoms with Crippen LogP contribution < -0.4 is 5.32 Å². The van der Waals surface area contributed by atoms with Crippen LogP contribution in [0, 0.1) is 5.92 Å². The third kappa shape index (κ3) is 2.49. The molecule has 1 amide bonds. The van der Waals surface area contributed by atoms with Gasteiger partial charge in [0.25, 0.3) is 0 Å². The van der Waals surface area contributed by atoms with E-state index in [0.717, 1.165) is 29.7 Å². The fraction of sp³-hybridized carbons (Fsp3) is 0.533. The molecule has 1 aliphatic heterocycles. The Kier molecular flexibility index (Phi) is 3.50. The van der Waals surface area contributed by atoms with Crippen LogP contribution in [0.15, 0.2) is 12.1 Å². The van der Waals surface area contributed by atoms with Crippen molar-refractivity contribution in [1.82, 2.24) is 0 Å². The predicted octanol–water partition coefficient (Wildman–Crippen LogP) is 3.45. The van der Waals surface area contributed by atoms with Gasteiger partial charge in [0.05, 0.1) is 12.5 Å². The average Bonchev–Trinajstić information content (AvgIpc) is 2.77. The molecule has 1 fully saturated rings. The first-order valence-corrected chi connectivity index (χ1v) is 7.33. The molecule has 1 unspecified atom stereocenters. The Morgan fingerprint density at radius 1 is 1.26 bits per heavy atom. The lowest BCUT2D eigenvalue weighted by Gasteiger charge is -2.27. The molecule has 1 atom stereocenters. The van der Waals surface area contributed by atoms with Gasteiger partial charge in [-0.1, -0.05) is 30.9 Å². The number of aliphatic hydroxyl groups is 1. The lowest BCUT2D eigenvalue weighted by molar-refractivity contribution is -0.115. The van der Waals surface area contributed by atoms with Crippen LogP contribution in [0.5, 0.6) is 0 Å². The molecular weight excluding hydrogens is 262 g/mol. The van der Waals surface area contributed by atoms with E-state index in [1.807, 2.05) is 6.07 Å². The standard InChI is InChI=1S/C15H18ClNO2/c16-12-8-13-10(7-14(18)17-13)6-11(12)15(19)9-4-2-1-3-5-9/h6,8-9,15,19H,1-5,7H2,(H,17,18). The highest BCUT2D eigenvalue weighted by Gasteiger charge is 2.27. The fourth-order valence-corrected chi connectivity index (χ4v) is 3.47. The molecule has 4 heteroatoms. The molecule has 3 nitrogen and oxygen atoms in total. The topological polar surface area (TPSA) is 49.3 Å². The largest absolute Gasteiger partial charge is 0.388 e. The van der Waals surface area contributed by atoms with Crippen molar-refractivity contribution in [2.75, 3.05) is 5.32 Å². The maximum atomic E-state index is 11.4. The minimum atomic E-state index is -0.506. The number of hydrogen-bond acceptors (Lipinski definition) is 2. The quantitative estimate of drug-likeness (QED) is 0.871. The normalized spacial score (nSPS) is 21.1. The lowest BCUT2D eigenvalue weighted by atomic mass is 9.82. The van der Waals surface area contributed by atoms with Crippen molar-refractivity contribution in [3.05, 3.63) is 28.3 Å². The second kappa shape index (κ2) is 5.14. The summed E-state index contributed by atoms with van der Waals surface area (Å²) in [5, 5.41) is 13.9. The number of amides is 1. The molecule has 1 saturated carbocycles. The Morgan fingerprint density at radius 2 is 2.00 bits per heavy atom. The summed E-state index contributed by atoms with van der Waals surface area (Å²) in [5.41, 5.74) is 2.51. The van der Waals surface area contributed by atoms with Crippen molar-refractivity contribution in [2.24, 2.45) is 5.92 Å². The Bertz CT molecular complexity index is 509. The third-order valence-electron chi connectivity index (χ3n) is 4.26. The minimum Gasteiger partial charge on any atom is -0.388 e. The Morgan fingerprint density at radius 3 is 2.74 bits per heavy atom. The highest BCUT2D eigenvalue weighted by molar-refractivity contribution is 6.32. The summed E-state index contributed by atoms with van der Waals surface area (Å²) in [6.07, 6.45) is 5.64. The van der Waals surface area contributed by atoms with E-state index in [9.17, 15) is 9.90 Å². The van der Waals surface area contributed by atoms with Crippen LogP contribution in [-0.4, -0.2) is 11.0 Å². The third-order valence-corrected chi connectivity index (χ3v) is 4.59. The summed E-state index contributed by atoms with van der Waals surface area (Å²) in [4.78, 5) is 11.4. The molecule has 1 aromatic carbocycles. The molecule has 0 saturated heterocycles. The van der Waals surface area contributed by atoms with Gasteiger partial charge in [0.15, 0.2) is 0 Å². The van der Waals surface area contributed by atoms with Crippen molar-refractivity contribution in [1.29, 1.82) is 0 Å². The van der Waals surface area contributed by atoms with Gasteiger partial charge < -0.3 is 10.4 Å². The van der Waals surface area contributed by atoms with Crippen LogP contribution in [0.25, 0.3) is 0 Å². The number of rotatable bonds is 2. The maximum Gasteiger partial charge on any atom is 0.228 e. The second-order valence-corrected chi connectivity index (χ2v) is 6.01. The van der Waals surface area contributed by atoms with Gasteiger partial charge in [0.1, 0.15) is 0 Å². The summed E-state index contributed by atoms with van der Waals surface area (Å²) in [6.45, 7) is 0. The van der Waals surface area contributed by atoms with Gasteiger partial charge in [-0.05, 0) is 42.0 Å². The number of fused-ring (bicyclic) bond motifs is 1. The number of carbonyl (C=O) groups excluding carboxylic acids is 1. The van der Waals surface area contributed by atoms with Crippen LogP contribution in [0.3, 0.4) is 0 Å². The molecule has 102 valence electrons. The van der Waals surface area contributed by atoms with Gasteiger partial charge in [-0.15, -0.1) is 0 Å². The van der Waals surface area contributed by atoms with Crippen LogP contribution in [-0.2, 0) is 11.2 Å². The molecule has 3 rings (SSSR count). The van der Waals surface area contributed by atoms with Gasteiger partial charge in [-0.2, -0.15) is 0 Å². The Balaban J connectivity index is 1.88. The number of anilines is 1. The van der Waals surface area contributed by atoms with E-state index in [2.05, 4.69) is 5.32 Å². The minimum absolute atomic E-state index is 0.00428. The average molecular weight is 280 g/mol. The predicted molar refractivity (Wildman–Crippen MR) is 75.3 cm³/mol. The first-order chi connectivity index (χ1) is 9.15. The second-order valence-electron chi connectivity index (χ2n) is 5.60. The van der Waals surface area contributed by atoms with Crippen molar-refractivity contribution in [2.45, 2.75) is 44.6 Å². The SMILES string of the molecule is O=C1Cc2cc(C(O)C3CCCCC3)c(Cl)cc2N1. The highest BCUT2D eigenvalue weighted by Crippen LogP contribution is 2.39. The molecule has 2 aliphatic rings. The molecule has 1 aromatic rings. The Labute approximate surface area is 118 Å². The summed E-state index contributed by atoms with van der Waals surface area (Å²) < 4.78 is 0. The number of carbonyl (C=O) groups is 1. The van der Waals surface area contributed by atoms with E-state index in [0.29, 0.717) is 17.4 Å². The lowest BCUT2D eigenvalue weighted by Crippen LogP contribution is -2.16. The molecule has 1 aliphatic carbocycles. The molecule has 2 N–H and O–H groups in total. The summed E-state index contributed by atoms with van der Waals surface area (Å²) in [7, 11) is 0. The molecule has 19 heavy (non-hydrogen) atoms. The number of benzene rings is 1. The van der Waals surface area contributed by atoms with E-state index in [1.54, 1.807) is 6.07 Å². The van der Waals surface area contributed by atoms with Crippen molar-refractivity contribution in [3.63, 3.8) is 0 Å². The van der Waals surface area contributed by atoms with Gasteiger partial charge >= 0.3 is 0 Å². The van der Waals surface area contributed by atoms with E-state index in [4.69, 9.17) is 11.6 Å². The maximum absolute atomic E-state index is 11.4. The highest BCUT2D eigenvalue weighted by atomic mass is 35.5. The molecular formula is C15H18ClNO2. The van der Waals surface area contributed by atoms with Crippen molar-refractivity contribution >= 4 is 23.2 Å². The smallest absolute Gasteiger partial charge is 0.228 e. The fourth-order valence-electron chi connectivity index (χ4n) is 3.20. The molecule has 1 heterocycles.